The van der Waals surface area contributed by atoms with Gasteiger partial charge in [0.1, 0.15) is 0 Å². The van der Waals surface area contributed by atoms with Gasteiger partial charge in [-0.1, -0.05) is 13.8 Å². The van der Waals surface area contributed by atoms with Gasteiger partial charge in [-0.2, -0.15) is 13.2 Å². The molecular formula is C13H17F3N2OS. The van der Waals surface area contributed by atoms with Crippen molar-refractivity contribution in [2.45, 2.75) is 36.7 Å². The fourth-order valence-corrected chi connectivity index (χ4v) is 2.13. The van der Waals surface area contributed by atoms with Crippen molar-refractivity contribution in [2.75, 3.05) is 5.32 Å². The zero-order valence-electron chi connectivity index (χ0n) is 11.2. The number of hydrogen-bond donors (Lipinski definition) is 2. The zero-order chi connectivity index (χ0) is 15.3. The molecule has 1 aromatic rings. The lowest BCUT2D eigenvalue weighted by Gasteiger charge is -2.14. The van der Waals surface area contributed by atoms with Gasteiger partial charge in [-0.3, -0.25) is 4.79 Å². The maximum atomic E-state index is 12.2. The zero-order valence-corrected chi connectivity index (χ0v) is 12.0. The van der Waals surface area contributed by atoms with Gasteiger partial charge in [0.15, 0.2) is 0 Å². The number of anilines is 1. The Morgan fingerprint density at radius 3 is 2.30 bits per heavy atom. The molecule has 0 fully saturated rings. The van der Waals surface area contributed by atoms with E-state index in [0.717, 1.165) is 0 Å². The van der Waals surface area contributed by atoms with Gasteiger partial charge in [-0.25, -0.2) is 0 Å². The Balaban J connectivity index is 2.59. The third kappa shape index (κ3) is 6.29. The average Bonchev–Trinajstić information content (AvgIpc) is 2.28. The molecule has 3 N–H and O–H groups in total. The molecule has 7 heteroatoms. The van der Waals surface area contributed by atoms with E-state index in [2.05, 4.69) is 5.32 Å². The van der Waals surface area contributed by atoms with Gasteiger partial charge in [-0.15, -0.1) is 0 Å². The van der Waals surface area contributed by atoms with E-state index in [1.807, 2.05) is 13.8 Å². The molecule has 0 bridgehead atoms. The normalized spacial score (nSPS) is 13.3. The first kappa shape index (κ1) is 16.8. The van der Waals surface area contributed by atoms with E-state index in [0.29, 0.717) is 18.0 Å². The minimum absolute atomic E-state index is 0.0713. The Kier molecular flexibility index (Phi) is 5.88. The fraction of sp³-hybridized carbons (Fsp3) is 0.462. The van der Waals surface area contributed by atoms with Crippen molar-refractivity contribution in [3.8, 4) is 0 Å². The molecule has 3 nitrogen and oxygen atoms in total. The van der Waals surface area contributed by atoms with Gasteiger partial charge in [0, 0.05) is 10.6 Å². The van der Waals surface area contributed by atoms with Crippen molar-refractivity contribution in [3.63, 3.8) is 0 Å². The van der Waals surface area contributed by atoms with Crippen LogP contribution in [0.4, 0.5) is 18.9 Å². The summed E-state index contributed by atoms with van der Waals surface area (Å²) in [6.07, 6.45) is 0.549. The summed E-state index contributed by atoms with van der Waals surface area (Å²) < 4.78 is 36.5. The smallest absolute Gasteiger partial charge is 0.325 e. The Morgan fingerprint density at radius 1 is 1.30 bits per heavy atom. The number of thioether (sulfide) groups is 1. The SMILES string of the molecule is CC(C)C[C@@H](N)C(=O)Nc1ccc(SC(F)(F)F)cc1. The maximum absolute atomic E-state index is 12.2. The lowest BCUT2D eigenvalue weighted by molar-refractivity contribution is -0.117. The first-order valence-corrected chi connectivity index (χ1v) is 6.91. The van der Waals surface area contributed by atoms with Crippen LogP contribution in [-0.4, -0.2) is 17.5 Å². The molecule has 1 aromatic carbocycles. The second-order valence-electron chi connectivity index (χ2n) is 4.80. The molecule has 1 atom stereocenters. The van der Waals surface area contributed by atoms with Crippen molar-refractivity contribution in [1.29, 1.82) is 0 Å². The highest BCUT2D eigenvalue weighted by atomic mass is 32.2. The summed E-state index contributed by atoms with van der Waals surface area (Å²) in [4.78, 5) is 11.8. The maximum Gasteiger partial charge on any atom is 0.446 e. The lowest BCUT2D eigenvalue weighted by atomic mass is 10.0. The summed E-state index contributed by atoms with van der Waals surface area (Å²) in [6, 6.07) is 4.84. The molecule has 0 radical (unpaired) electrons. The van der Waals surface area contributed by atoms with Gasteiger partial charge in [0.05, 0.1) is 6.04 Å². The number of nitrogens with one attached hydrogen (secondary N) is 1. The Labute approximate surface area is 120 Å². The van der Waals surface area contributed by atoms with E-state index in [4.69, 9.17) is 5.73 Å². The van der Waals surface area contributed by atoms with Crippen LogP contribution in [0.25, 0.3) is 0 Å². The minimum Gasteiger partial charge on any atom is -0.325 e. The lowest BCUT2D eigenvalue weighted by Crippen LogP contribution is -2.36. The molecule has 0 spiro atoms. The minimum atomic E-state index is -4.32. The number of nitrogens with two attached hydrogens (primary N) is 1. The van der Waals surface area contributed by atoms with Gasteiger partial charge < -0.3 is 11.1 Å². The van der Waals surface area contributed by atoms with Crippen molar-refractivity contribution in [1.82, 2.24) is 0 Å². The Morgan fingerprint density at radius 2 is 1.85 bits per heavy atom. The summed E-state index contributed by atoms with van der Waals surface area (Å²) >= 11 is -0.194. The molecule has 0 saturated heterocycles. The molecule has 20 heavy (non-hydrogen) atoms. The van der Waals surface area contributed by atoms with Crippen LogP contribution in [0, 0.1) is 5.92 Å². The third-order valence-corrected chi connectivity index (χ3v) is 3.16. The molecule has 0 aliphatic carbocycles. The van der Waals surface area contributed by atoms with Crippen LogP contribution < -0.4 is 11.1 Å². The molecule has 1 amide bonds. The first-order chi connectivity index (χ1) is 9.17. The molecule has 0 unspecified atom stereocenters. The highest BCUT2D eigenvalue weighted by Crippen LogP contribution is 2.37. The second kappa shape index (κ2) is 6.99. The van der Waals surface area contributed by atoms with E-state index in [-0.39, 0.29) is 22.6 Å². The molecule has 0 aliphatic rings. The topological polar surface area (TPSA) is 55.1 Å². The van der Waals surface area contributed by atoms with Crippen LogP contribution >= 0.6 is 11.8 Å². The summed E-state index contributed by atoms with van der Waals surface area (Å²) in [5.41, 5.74) is 1.83. The number of rotatable bonds is 5. The number of halogens is 3. The molecule has 1 rings (SSSR count). The van der Waals surface area contributed by atoms with Crippen LogP contribution in [0.2, 0.25) is 0 Å². The van der Waals surface area contributed by atoms with Crippen LogP contribution in [0.1, 0.15) is 20.3 Å². The van der Waals surface area contributed by atoms with Crippen molar-refractivity contribution in [2.24, 2.45) is 11.7 Å². The fourth-order valence-electron chi connectivity index (χ4n) is 1.59. The highest BCUT2D eigenvalue weighted by molar-refractivity contribution is 8.00. The molecule has 0 aliphatic heterocycles. The summed E-state index contributed by atoms with van der Waals surface area (Å²) in [5.74, 6) is -0.0452. The van der Waals surface area contributed by atoms with Crippen molar-refractivity contribution < 1.29 is 18.0 Å². The quantitative estimate of drug-likeness (QED) is 0.817. The predicted octanol–water partition coefficient (Wildman–Crippen LogP) is 3.61. The van der Waals surface area contributed by atoms with Crippen LogP contribution in [0.3, 0.4) is 0 Å². The van der Waals surface area contributed by atoms with Crippen molar-refractivity contribution >= 4 is 23.4 Å². The number of amides is 1. The molecular weight excluding hydrogens is 289 g/mol. The van der Waals surface area contributed by atoms with E-state index < -0.39 is 11.6 Å². The summed E-state index contributed by atoms with van der Waals surface area (Å²) in [5, 5.41) is 2.58. The Bertz CT molecular complexity index is 446. The standard InChI is InChI=1S/C13H17F3N2OS/c1-8(2)7-11(17)12(19)18-9-3-5-10(6-4-9)20-13(14,15)16/h3-6,8,11H,7,17H2,1-2H3,(H,18,19)/t11-/m1/s1. The summed E-state index contributed by atoms with van der Waals surface area (Å²) in [6.45, 7) is 3.91. The summed E-state index contributed by atoms with van der Waals surface area (Å²) in [7, 11) is 0. The number of alkyl halides is 3. The molecule has 112 valence electrons. The molecule has 0 heterocycles. The number of benzene rings is 1. The number of hydrogen-bond acceptors (Lipinski definition) is 3. The van der Waals surface area contributed by atoms with E-state index >= 15 is 0 Å². The van der Waals surface area contributed by atoms with Crippen LogP contribution in [-0.2, 0) is 4.79 Å². The number of carbonyl (C=O) groups is 1. The monoisotopic (exact) mass is 306 g/mol. The van der Waals surface area contributed by atoms with Gasteiger partial charge in [0.25, 0.3) is 0 Å². The van der Waals surface area contributed by atoms with Crippen LogP contribution in [0.5, 0.6) is 0 Å². The van der Waals surface area contributed by atoms with E-state index in [1.54, 1.807) is 0 Å². The van der Waals surface area contributed by atoms with Gasteiger partial charge in [-0.05, 0) is 48.4 Å². The number of carbonyl (C=O) groups excluding carboxylic acids is 1. The molecule has 0 aromatic heterocycles. The predicted molar refractivity (Wildman–Crippen MR) is 74.4 cm³/mol. The largest absolute Gasteiger partial charge is 0.446 e. The van der Waals surface area contributed by atoms with Crippen LogP contribution in [0.15, 0.2) is 29.2 Å². The van der Waals surface area contributed by atoms with Crippen molar-refractivity contribution in [3.05, 3.63) is 24.3 Å². The van der Waals surface area contributed by atoms with E-state index in [9.17, 15) is 18.0 Å². The third-order valence-electron chi connectivity index (χ3n) is 2.42. The average molecular weight is 306 g/mol. The Hall–Kier alpha value is -1.21. The highest BCUT2D eigenvalue weighted by Gasteiger charge is 2.29. The van der Waals surface area contributed by atoms with E-state index in [1.165, 1.54) is 24.3 Å². The van der Waals surface area contributed by atoms with Gasteiger partial charge >= 0.3 is 5.51 Å². The molecule has 0 saturated carbocycles. The second-order valence-corrected chi connectivity index (χ2v) is 5.94. The first-order valence-electron chi connectivity index (χ1n) is 6.09. The van der Waals surface area contributed by atoms with Gasteiger partial charge in [0.2, 0.25) is 5.91 Å².